The van der Waals surface area contributed by atoms with Crippen molar-refractivity contribution in [1.29, 1.82) is 0 Å². The fraction of sp³-hybridized carbons (Fsp3) is 0.333. The van der Waals surface area contributed by atoms with Gasteiger partial charge >= 0.3 is 0 Å². The Labute approximate surface area is 154 Å². The lowest BCUT2D eigenvalue weighted by molar-refractivity contribution is 0.100. The van der Waals surface area contributed by atoms with Crippen molar-refractivity contribution in [2.24, 2.45) is 10.7 Å². The summed E-state index contributed by atoms with van der Waals surface area (Å²) < 4.78 is 0. The second kappa shape index (κ2) is 7.30. The van der Waals surface area contributed by atoms with Gasteiger partial charge in [-0.3, -0.25) is 9.79 Å². The minimum atomic E-state index is -0.520. The fourth-order valence-corrected chi connectivity index (χ4v) is 3.58. The summed E-state index contributed by atoms with van der Waals surface area (Å²) in [5.74, 6) is -0.520. The van der Waals surface area contributed by atoms with E-state index in [0.717, 1.165) is 24.3 Å². The largest absolute Gasteiger partial charge is 0.398 e. The van der Waals surface area contributed by atoms with Crippen molar-refractivity contribution < 1.29 is 4.79 Å². The zero-order chi connectivity index (χ0) is 18.7. The number of hydrogen-bond donors (Lipinski definition) is 3. The molecular formula is C21H26N4O. The van der Waals surface area contributed by atoms with E-state index in [4.69, 9.17) is 11.5 Å². The summed E-state index contributed by atoms with van der Waals surface area (Å²) in [4.78, 5) is 16.1. The number of carbonyl (C=O) groups excluding carboxylic acids is 1. The van der Waals surface area contributed by atoms with Gasteiger partial charge in [-0.1, -0.05) is 31.2 Å². The molecule has 1 aliphatic rings. The first kappa shape index (κ1) is 18.1. The fourth-order valence-electron chi connectivity index (χ4n) is 3.58. The maximum absolute atomic E-state index is 11.6. The van der Waals surface area contributed by atoms with Crippen LogP contribution in [-0.2, 0) is 5.41 Å². The Balaban J connectivity index is 1.81. The molecule has 1 amide bonds. The standard InChI is InChI=1S/C21H26N4O/c1-14-4-5-15(19(22)18(14)20(23)26)12-25-17-8-6-16(7-9-17)21(2)10-3-11-24-13-21/h4-9,12,24H,3,10-11,13,22H2,1-2H3,(H2,23,26)/t21-/m1/s1. The van der Waals surface area contributed by atoms with Crippen molar-refractivity contribution in [2.45, 2.75) is 32.1 Å². The molecule has 0 spiro atoms. The van der Waals surface area contributed by atoms with E-state index in [1.807, 2.05) is 31.2 Å². The van der Waals surface area contributed by atoms with Gasteiger partial charge in [0.25, 0.3) is 5.91 Å². The number of amides is 1. The number of nitrogens with zero attached hydrogens (tertiary/aromatic N) is 1. The summed E-state index contributed by atoms with van der Waals surface area (Å²) in [5.41, 5.74) is 16.1. The molecule has 26 heavy (non-hydrogen) atoms. The molecule has 3 rings (SSSR count). The maximum Gasteiger partial charge on any atom is 0.251 e. The number of aryl methyl sites for hydroxylation is 1. The lowest BCUT2D eigenvalue weighted by Crippen LogP contribution is -2.40. The number of nitrogens with one attached hydrogen (secondary N) is 1. The van der Waals surface area contributed by atoms with Crippen molar-refractivity contribution in [3.63, 3.8) is 0 Å². The number of hydrogen-bond acceptors (Lipinski definition) is 4. The Morgan fingerprint density at radius 2 is 1.96 bits per heavy atom. The highest BCUT2D eigenvalue weighted by atomic mass is 16.1. The predicted octanol–water partition coefficient (Wildman–Crippen LogP) is 3.07. The van der Waals surface area contributed by atoms with Crippen molar-refractivity contribution in [3.05, 3.63) is 58.7 Å². The number of primary amides is 1. The van der Waals surface area contributed by atoms with Gasteiger partial charge in [0.05, 0.1) is 16.9 Å². The Hall–Kier alpha value is -2.66. The van der Waals surface area contributed by atoms with E-state index in [1.165, 1.54) is 18.4 Å². The molecule has 1 fully saturated rings. The molecule has 5 heteroatoms. The van der Waals surface area contributed by atoms with Crippen molar-refractivity contribution >= 4 is 23.5 Å². The van der Waals surface area contributed by atoms with Crippen LogP contribution >= 0.6 is 0 Å². The molecular weight excluding hydrogens is 324 g/mol. The first-order valence-electron chi connectivity index (χ1n) is 8.95. The van der Waals surface area contributed by atoms with Gasteiger partial charge in [-0.15, -0.1) is 0 Å². The van der Waals surface area contributed by atoms with E-state index in [9.17, 15) is 4.79 Å². The van der Waals surface area contributed by atoms with Gasteiger partial charge in [-0.25, -0.2) is 0 Å². The highest BCUT2D eigenvalue weighted by molar-refractivity contribution is 6.04. The SMILES string of the molecule is Cc1ccc(C=Nc2ccc([C@]3(C)CCCNC3)cc2)c(N)c1C(N)=O. The predicted molar refractivity (Wildman–Crippen MR) is 107 cm³/mol. The zero-order valence-electron chi connectivity index (χ0n) is 15.4. The van der Waals surface area contributed by atoms with Crippen LogP contribution in [-0.4, -0.2) is 25.2 Å². The molecule has 1 heterocycles. The van der Waals surface area contributed by atoms with Crippen LogP contribution in [0.5, 0.6) is 0 Å². The van der Waals surface area contributed by atoms with Crippen LogP contribution in [0.1, 0.15) is 46.8 Å². The number of anilines is 1. The van der Waals surface area contributed by atoms with Crippen LogP contribution in [0.25, 0.3) is 0 Å². The van der Waals surface area contributed by atoms with Crippen molar-refractivity contribution in [3.8, 4) is 0 Å². The minimum Gasteiger partial charge on any atom is -0.398 e. The first-order chi connectivity index (χ1) is 12.4. The van der Waals surface area contributed by atoms with E-state index < -0.39 is 5.91 Å². The van der Waals surface area contributed by atoms with Gasteiger partial charge in [-0.2, -0.15) is 0 Å². The van der Waals surface area contributed by atoms with Crippen LogP contribution in [0.15, 0.2) is 41.4 Å². The maximum atomic E-state index is 11.6. The molecule has 1 aliphatic heterocycles. The molecule has 1 atom stereocenters. The van der Waals surface area contributed by atoms with E-state index >= 15 is 0 Å². The topological polar surface area (TPSA) is 93.5 Å². The van der Waals surface area contributed by atoms with Crippen molar-refractivity contribution in [2.75, 3.05) is 18.8 Å². The normalized spacial score (nSPS) is 20.4. The summed E-state index contributed by atoms with van der Waals surface area (Å²) in [6.45, 7) is 6.22. The molecule has 0 bridgehead atoms. The van der Waals surface area contributed by atoms with Crippen LogP contribution in [0.3, 0.4) is 0 Å². The molecule has 0 aromatic heterocycles. The minimum absolute atomic E-state index is 0.179. The number of carbonyl (C=O) groups is 1. The molecule has 0 radical (unpaired) electrons. The monoisotopic (exact) mass is 350 g/mol. The highest BCUT2D eigenvalue weighted by Crippen LogP contribution is 2.31. The Morgan fingerprint density at radius 3 is 2.58 bits per heavy atom. The van der Waals surface area contributed by atoms with E-state index in [2.05, 4.69) is 29.4 Å². The molecule has 2 aromatic rings. The average Bonchev–Trinajstić information content (AvgIpc) is 2.62. The summed E-state index contributed by atoms with van der Waals surface area (Å²) in [5, 5.41) is 3.48. The number of benzene rings is 2. The number of piperidine rings is 1. The van der Waals surface area contributed by atoms with Crippen LogP contribution in [0, 0.1) is 6.92 Å². The molecule has 2 aromatic carbocycles. The van der Waals surface area contributed by atoms with E-state index in [-0.39, 0.29) is 5.41 Å². The third kappa shape index (κ3) is 3.63. The summed E-state index contributed by atoms with van der Waals surface area (Å²) in [6.07, 6.45) is 4.07. The number of aliphatic imine (C=N–C) groups is 1. The van der Waals surface area contributed by atoms with E-state index in [0.29, 0.717) is 16.8 Å². The molecule has 136 valence electrons. The Morgan fingerprint density at radius 1 is 1.23 bits per heavy atom. The molecule has 5 nitrogen and oxygen atoms in total. The Bertz CT molecular complexity index is 834. The van der Waals surface area contributed by atoms with Crippen LogP contribution < -0.4 is 16.8 Å². The summed E-state index contributed by atoms with van der Waals surface area (Å²) in [6, 6.07) is 12.0. The van der Waals surface area contributed by atoms with Crippen LogP contribution in [0.4, 0.5) is 11.4 Å². The Kier molecular flexibility index (Phi) is 5.09. The first-order valence-corrected chi connectivity index (χ1v) is 8.95. The number of nitrogen functional groups attached to an aromatic ring is 1. The average molecular weight is 350 g/mol. The third-order valence-electron chi connectivity index (χ3n) is 5.25. The second-order valence-corrected chi connectivity index (χ2v) is 7.27. The number of nitrogens with two attached hydrogens (primary N) is 2. The summed E-state index contributed by atoms with van der Waals surface area (Å²) in [7, 11) is 0. The van der Waals surface area contributed by atoms with Crippen LogP contribution in [0.2, 0.25) is 0 Å². The molecule has 0 saturated carbocycles. The molecule has 1 saturated heterocycles. The third-order valence-corrected chi connectivity index (χ3v) is 5.25. The van der Waals surface area contributed by atoms with E-state index in [1.54, 1.807) is 6.21 Å². The smallest absolute Gasteiger partial charge is 0.251 e. The van der Waals surface area contributed by atoms with Gasteiger partial charge in [-0.05, 0) is 49.6 Å². The number of rotatable bonds is 4. The summed E-state index contributed by atoms with van der Waals surface area (Å²) >= 11 is 0. The van der Waals surface area contributed by atoms with Crippen molar-refractivity contribution in [1.82, 2.24) is 5.32 Å². The van der Waals surface area contributed by atoms with Gasteiger partial charge in [0, 0.05) is 23.7 Å². The molecule has 0 aliphatic carbocycles. The second-order valence-electron chi connectivity index (χ2n) is 7.27. The van der Waals surface area contributed by atoms with Gasteiger partial charge in [0.1, 0.15) is 0 Å². The van der Waals surface area contributed by atoms with Gasteiger partial charge in [0.2, 0.25) is 0 Å². The lowest BCUT2D eigenvalue weighted by atomic mass is 9.76. The lowest BCUT2D eigenvalue weighted by Gasteiger charge is -2.34. The van der Waals surface area contributed by atoms with Gasteiger partial charge < -0.3 is 16.8 Å². The molecule has 0 unspecified atom stereocenters. The zero-order valence-corrected chi connectivity index (χ0v) is 15.4. The molecule has 5 N–H and O–H groups in total. The van der Waals surface area contributed by atoms with Gasteiger partial charge in [0.15, 0.2) is 0 Å². The highest BCUT2D eigenvalue weighted by Gasteiger charge is 2.28. The quantitative estimate of drug-likeness (QED) is 0.584.